The highest BCUT2D eigenvalue weighted by Gasteiger charge is 2.25. The summed E-state index contributed by atoms with van der Waals surface area (Å²) in [5.74, 6) is -0.243. The molecule has 8 heteroatoms. The summed E-state index contributed by atoms with van der Waals surface area (Å²) in [4.78, 5) is 0. The summed E-state index contributed by atoms with van der Waals surface area (Å²) < 4.78 is 24.8. The van der Waals surface area contributed by atoms with Crippen molar-refractivity contribution in [1.82, 2.24) is 5.16 Å². The lowest BCUT2D eigenvalue weighted by atomic mass is 10.1. The third-order valence-corrected chi connectivity index (χ3v) is 4.66. The topological polar surface area (TPSA) is 35.3 Å². The van der Waals surface area contributed by atoms with Crippen molar-refractivity contribution >= 4 is 61.7 Å². The molecule has 0 unspecified atom stereocenters. The predicted octanol–water partition coefficient (Wildman–Crippen LogP) is 6.37. The average molecular weight is 439 g/mol. The molecule has 0 atom stereocenters. The molecule has 0 saturated heterocycles. The van der Waals surface area contributed by atoms with Gasteiger partial charge in [-0.2, -0.15) is 0 Å². The van der Waals surface area contributed by atoms with Crippen molar-refractivity contribution in [1.29, 1.82) is 0 Å². The molecule has 3 rings (SSSR count). The van der Waals surface area contributed by atoms with Gasteiger partial charge in [-0.25, -0.2) is 4.39 Å². The number of halogens is 5. The van der Waals surface area contributed by atoms with Crippen LogP contribution in [0.4, 0.5) is 4.39 Å². The molecule has 0 fully saturated rings. The van der Waals surface area contributed by atoms with Gasteiger partial charge in [0, 0.05) is 10.9 Å². The van der Waals surface area contributed by atoms with Gasteiger partial charge in [0.25, 0.3) is 0 Å². The second-order valence-electron chi connectivity index (χ2n) is 4.52. The average Bonchev–Trinajstić information content (AvgIpc) is 2.98. The van der Waals surface area contributed by atoms with E-state index in [1.165, 1.54) is 6.07 Å². The van der Waals surface area contributed by atoms with Crippen LogP contribution in [0.2, 0.25) is 15.1 Å². The van der Waals surface area contributed by atoms with E-state index >= 15 is 0 Å². The highest BCUT2D eigenvalue weighted by atomic mass is 79.9. The van der Waals surface area contributed by atoms with Crippen molar-refractivity contribution in [3.63, 3.8) is 0 Å². The first-order valence-electron chi connectivity index (χ1n) is 6.45. The van der Waals surface area contributed by atoms with Gasteiger partial charge in [-0.15, -0.1) is 0 Å². The third kappa shape index (κ3) is 2.91. The van der Waals surface area contributed by atoms with Crippen LogP contribution in [-0.2, 0) is 0 Å². The van der Waals surface area contributed by atoms with Crippen LogP contribution in [-0.4, -0.2) is 17.1 Å². The largest absolute Gasteiger partial charge is 0.489 e. The Labute approximate surface area is 154 Å². The fourth-order valence-corrected chi connectivity index (χ4v) is 3.15. The number of nitrogens with zero attached hydrogens (tertiary/aromatic N) is 1. The molecule has 0 aliphatic heterocycles. The zero-order valence-electron chi connectivity index (χ0n) is 11.4. The first-order valence-corrected chi connectivity index (χ1v) is 8.71. The van der Waals surface area contributed by atoms with E-state index in [0.717, 1.165) is 0 Å². The van der Waals surface area contributed by atoms with E-state index in [9.17, 15) is 4.39 Å². The summed E-state index contributed by atoms with van der Waals surface area (Å²) in [6, 6.07) is 6.15. The summed E-state index contributed by atoms with van der Waals surface area (Å²) >= 11 is 22.1. The van der Waals surface area contributed by atoms with Crippen LogP contribution >= 0.6 is 50.7 Å². The van der Waals surface area contributed by atoms with E-state index in [-0.39, 0.29) is 37.7 Å². The Morgan fingerprint density at radius 3 is 2.57 bits per heavy atom. The minimum absolute atomic E-state index is 0.130. The van der Waals surface area contributed by atoms with Gasteiger partial charge in [-0.1, -0.05) is 68.0 Å². The summed E-state index contributed by atoms with van der Waals surface area (Å²) in [5.41, 5.74) is 0.678. The van der Waals surface area contributed by atoms with Crippen LogP contribution in [0.15, 0.2) is 28.8 Å². The Hall–Kier alpha value is -1.01. The van der Waals surface area contributed by atoms with E-state index < -0.39 is 5.82 Å². The Bertz CT molecular complexity index is 885. The Morgan fingerprint density at radius 1 is 1.13 bits per heavy atom. The summed E-state index contributed by atoms with van der Waals surface area (Å²) in [5, 5.41) is 5.26. The third-order valence-electron chi connectivity index (χ3n) is 3.15. The molecule has 2 aromatic carbocycles. The fourth-order valence-electron chi connectivity index (χ4n) is 2.16. The smallest absolute Gasteiger partial charge is 0.191 e. The summed E-state index contributed by atoms with van der Waals surface area (Å²) in [7, 11) is 0. The predicted molar refractivity (Wildman–Crippen MR) is 93.7 cm³/mol. The van der Waals surface area contributed by atoms with Gasteiger partial charge >= 0.3 is 0 Å². The molecule has 0 aliphatic carbocycles. The number of fused-ring (bicyclic) bond motifs is 1. The first kappa shape index (κ1) is 16.8. The van der Waals surface area contributed by atoms with Gasteiger partial charge in [-0.05, 0) is 12.1 Å². The number of ether oxygens (including phenoxy) is 1. The van der Waals surface area contributed by atoms with Crippen molar-refractivity contribution in [2.75, 3.05) is 11.9 Å². The van der Waals surface area contributed by atoms with E-state index in [4.69, 9.17) is 44.1 Å². The van der Waals surface area contributed by atoms with Crippen molar-refractivity contribution in [2.45, 2.75) is 0 Å². The SMILES string of the molecule is Fc1ccccc1-c1noc2c(Cl)c(OCCBr)c(Cl)c(Cl)c12. The van der Waals surface area contributed by atoms with E-state index in [2.05, 4.69) is 21.1 Å². The van der Waals surface area contributed by atoms with Crippen LogP contribution in [0.25, 0.3) is 22.2 Å². The molecule has 0 amide bonds. The van der Waals surface area contributed by atoms with Gasteiger partial charge in [0.2, 0.25) is 0 Å². The van der Waals surface area contributed by atoms with Crippen molar-refractivity contribution in [3.8, 4) is 17.0 Å². The zero-order valence-corrected chi connectivity index (χ0v) is 15.2. The second-order valence-corrected chi connectivity index (χ2v) is 6.45. The number of rotatable bonds is 4. The van der Waals surface area contributed by atoms with E-state index in [1.54, 1.807) is 18.2 Å². The molecule has 3 aromatic rings. The summed E-state index contributed by atoms with van der Waals surface area (Å²) in [6.45, 7) is 0.343. The van der Waals surface area contributed by atoms with Crippen molar-refractivity contribution < 1.29 is 13.7 Å². The van der Waals surface area contributed by atoms with Crippen molar-refractivity contribution in [3.05, 3.63) is 45.2 Å². The molecule has 0 radical (unpaired) electrons. The molecule has 120 valence electrons. The molecule has 0 saturated carbocycles. The quantitative estimate of drug-likeness (QED) is 0.350. The van der Waals surface area contributed by atoms with Crippen LogP contribution in [0.3, 0.4) is 0 Å². The maximum atomic E-state index is 14.0. The molecule has 1 heterocycles. The van der Waals surface area contributed by atoms with E-state index in [1.807, 2.05) is 0 Å². The molecule has 3 nitrogen and oxygen atoms in total. The minimum atomic E-state index is -0.453. The lowest BCUT2D eigenvalue weighted by molar-refractivity contribution is 0.345. The normalized spacial score (nSPS) is 11.2. The minimum Gasteiger partial charge on any atom is -0.489 e. The first-order chi connectivity index (χ1) is 11.1. The molecule has 0 N–H and O–H groups in total. The molecule has 1 aromatic heterocycles. The van der Waals surface area contributed by atoms with Crippen molar-refractivity contribution in [2.24, 2.45) is 0 Å². The number of aromatic nitrogens is 1. The van der Waals surface area contributed by atoms with Crippen LogP contribution in [0.5, 0.6) is 5.75 Å². The number of alkyl halides is 1. The molecule has 0 bridgehead atoms. The van der Waals surface area contributed by atoms with Gasteiger partial charge < -0.3 is 9.26 Å². The molecular weight excluding hydrogens is 431 g/mol. The number of hydrogen-bond donors (Lipinski definition) is 0. The Morgan fingerprint density at radius 2 is 1.87 bits per heavy atom. The van der Waals surface area contributed by atoms with Crippen LogP contribution in [0.1, 0.15) is 0 Å². The standard InChI is InChI=1S/C15H8BrCl3FNO2/c16-5-6-22-15-11(18)10(17)9-13(21-23-14(9)12(15)19)7-3-1-2-4-8(7)20/h1-4H,5-6H2. The molecular formula is C15H8BrCl3FNO2. The second kappa shape index (κ2) is 6.85. The maximum absolute atomic E-state index is 14.0. The Balaban J connectivity index is 2.28. The van der Waals surface area contributed by atoms with Gasteiger partial charge in [0.1, 0.15) is 21.6 Å². The lowest BCUT2D eigenvalue weighted by Gasteiger charge is -2.10. The highest BCUT2D eigenvalue weighted by molar-refractivity contribution is 9.09. The van der Waals surface area contributed by atoms with Gasteiger partial charge in [0.15, 0.2) is 11.3 Å². The zero-order chi connectivity index (χ0) is 16.6. The fraction of sp³-hybridized carbons (Fsp3) is 0.133. The van der Waals surface area contributed by atoms with Gasteiger partial charge in [0.05, 0.1) is 17.0 Å². The molecule has 0 spiro atoms. The van der Waals surface area contributed by atoms with Gasteiger partial charge in [-0.3, -0.25) is 0 Å². The van der Waals surface area contributed by atoms with Crippen LogP contribution in [0, 0.1) is 5.82 Å². The number of benzene rings is 2. The molecule has 23 heavy (non-hydrogen) atoms. The highest BCUT2D eigenvalue weighted by Crippen LogP contribution is 2.48. The molecule has 0 aliphatic rings. The number of hydrogen-bond acceptors (Lipinski definition) is 3. The van der Waals surface area contributed by atoms with Crippen LogP contribution < -0.4 is 4.74 Å². The maximum Gasteiger partial charge on any atom is 0.191 e. The lowest BCUT2D eigenvalue weighted by Crippen LogP contribution is -1.99. The summed E-state index contributed by atoms with van der Waals surface area (Å²) in [6.07, 6.45) is 0. The Kier molecular flexibility index (Phi) is 5.01. The van der Waals surface area contributed by atoms with E-state index in [0.29, 0.717) is 17.3 Å². The monoisotopic (exact) mass is 437 g/mol.